The normalized spacial score (nSPS) is 12.5. The maximum Gasteiger partial charge on any atom is 0.455 e. The van der Waals surface area contributed by atoms with E-state index in [2.05, 4.69) is 5.10 Å². The molecular formula is C14H11F6N3O. The van der Waals surface area contributed by atoms with Gasteiger partial charge < -0.3 is 5.73 Å². The van der Waals surface area contributed by atoms with Crippen LogP contribution in [-0.4, -0.2) is 21.7 Å². The van der Waals surface area contributed by atoms with Gasteiger partial charge in [-0.2, -0.15) is 31.4 Å². The van der Waals surface area contributed by atoms with Gasteiger partial charge in [0.1, 0.15) is 0 Å². The van der Waals surface area contributed by atoms with E-state index in [1.54, 1.807) is 13.0 Å². The molecule has 0 saturated carbocycles. The van der Waals surface area contributed by atoms with Gasteiger partial charge in [0.25, 0.3) is 5.78 Å². The molecule has 4 nitrogen and oxygen atoms in total. The molecule has 1 aromatic carbocycles. The number of aryl methyl sites for hydroxylation is 1. The molecule has 0 aliphatic heterocycles. The van der Waals surface area contributed by atoms with Crippen molar-refractivity contribution in [2.24, 2.45) is 0 Å². The summed E-state index contributed by atoms with van der Waals surface area (Å²) < 4.78 is 76.6. The smallest absolute Gasteiger partial charge is 0.399 e. The van der Waals surface area contributed by atoms with Crippen LogP contribution in [0.5, 0.6) is 0 Å². The first kappa shape index (κ1) is 17.8. The van der Waals surface area contributed by atoms with Crippen molar-refractivity contribution in [1.29, 1.82) is 0 Å². The number of benzene rings is 1. The SMILES string of the molecule is Cc1cc(Cn2cc(C(=O)C(F)(F)F)c(C(F)(F)F)n2)ccc1N. The Balaban J connectivity index is 2.44. The number of carbonyl (C=O) groups is 1. The highest BCUT2D eigenvalue weighted by Gasteiger charge is 2.47. The Morgan fingerprint density at radius 2 is 1.83 bits per heavy atom. The van der Waals surface area contributed by atoms with Crippen molar-refractivity contribution in [3.05, 3.63) is 46.8 Å². The molecule has 0 radical (unpaired) electrons. The van der Waals surface area contributed by atoms with Crippen LogP contribution in [0.3, 0.4) is 0 Å². The number of ketones is 1. The number of halogens is 6. The van der Waals surface area contributed by atoms with Gasteiger partial charge in [-0.05, 0) is 24.1 Å². The van der Waals surface area contributed by atoms with E-state index < -0.39 is 29.4 Å². The summed E-state index contributed by atoms with van der Waals surface area (Å²) in [5.41, 5.74) is 3.82. The van der Waals surface area contributed by atoms with Crippen LogP contribution in [0.25, 0.3) is 0 Å². The molecule has 24 heavy (non-hydrogen) atoms. The minimum atomic E-state index is -5.42. The number of carbonyl (C=O) groups excluding carboxylic acids is 1. The van der Waals surface area contributed by atoms with Crippen LogP contribution in [-0.2, 0) is 12.7 Å². The van der Waals surface area contributed by atoms with Crippen molar-refractivity contribution in [1.82, 2.24) is 9.78 Å². The van der Waals surface area contributed by atoms with E-state index in [0.29, 0.717) is 27.7 Å². The topological polar surface area (TPSA) is 60.9 Å². The third-order valence-corrected chi connectivity index (χ3v) is 3.21. The number of nitrogens with zero attached hydrogens (tertiary/aromatic N) is 2. The number of nitrogens with two attached hydrogens (primary N) is 1. The predicted octanol–water partition coefficient (Wildman–Crippen LogP) is 3.59. The zero-order valence-electron chi connectivity index (χ0n) is 12.2. The second kappa shape index (κ2) is 5.84. The molecule has 0 unspecified atom stereocenters. The van der Waals surface area contributed by atoms with E-state index >= 15 is 0 Å². The van der Waals surface area contributed by atoms with E-state index in [4.69, 9.17) is 5.73 Å². The van der Waals surface area contributed by atoms with E-state index in [9.17, 15) is 31.1 Å². The van der Waals surface area contributed by atoms with Crippen LogP contribution >= 0.6 is 0 Å². The highest BCUT2D eigenvalue weighted by molar-refractivity contribution is 6.01. The molecule has 2 rings (SSSR count). The van der Waals surface area contributed by atoms with Crippen molar-refractivity contribution >= 4 is 11.5 Å². The number of alkyl halides is 6. The van der Waals surface area contributed by atoms with Crippen LogP contribution in [0.15, 0.2) is 24.4 Å². The van der Waals surface area contributed by atoms with Gasteiger partial charge in [-0.25, -0.2) is 0 Å². The molecule has 0 saturated heterocycles. The fraction of sp³-hybridized carbons (Fsp3) is 0.286. The number of Topliss-reactive ketones (excluding diaryl/α,β-unsaturated/α-hetero) is 1. The van der Waals surface area contributed by atoms with Gasteiger partial charge in [0.05, 0.1) is 12.1 Å². The lowest BCUT2D eigenvalue weighted by molar-refractivity contribution is -0.142. The average molecular weight is 351 g/mol. The Morgan fingerprint density at radius 3 is 2.33 bits per heavy atom. The van der Waals surface area contributed by atoms with Gasteiger partial charge in [-0.1, -0.05) is 12.1 Å². The van der Waals surface area contributed by atoms with Crippen molar-refractivity contribution in [3.8, 4) is 0 Å². The van der Waals surface area contributed by atoms with Crippen molar-refractivity contribution in [2.75, 3.05) is 5.73 Å². The largest absolute Gasteiger partial charge is 0.455 e. The third kappa shape index (κ3) is 3.69. The number of hydrogen-bond acceptors (Lipinski definition) is 3. The first-order valence-electron chi connectivity index (χ1n) is 6.50. The quantitative estimate of drug-likeness (QED) is 0.522. The van der Waals surface area contributed by atoms with Crippen molar-refractivity contribution in [2.45, 2.75) is 25.8 Å². The van der Waals surface area contributed by atoms with Crippen LogP contribution < -0.4 is 5.73 Å². The maximum atomic E-state index is 12.9. The van der Waals surface area contributed by atoms with Crippen LogP contribution in [0, 0.1) is 6.92 Å². The molecule has 1 heterocycles. The summed E-state index contributed by atoms with van der Waals surface area (Å²) in [5, 5.41) is 3.10. The molecule has 2 aromatic rings. The standard InChI is InChI=1S/C14H11F6N3O/c1-7-4-8(2-3-10(7)21)5-23-6-9(12(24)14(18,19)20)11(22-23)13(15,16)17/h2-4,6H,5,21H2,1H3. The third-order valence-electron chi connectivity index (χ3n) is 3.21. The Hall–Kier alpha value is -2.52. The van der Waals surface area contributed by atoms with E-state index in [1.807, 2.05) is 0 Å². The first-order chi connectivity index (χ1) is 10.9. The molecule has 0 amide bonds. The molecule has 1 aromatic heterocycles. The second-order valence-electron chi connectivity index (χ2n) is 5.10. The van der Waals surface area contributed by atoms with E-state index in [0.717, 1.165) is 0 Å². The van der Waals surface area contributed by atoms with Gasteiger partial charge in [-0.3, -0.25) is 9.48 Å². The predicted molar refractivity (Wildman–Crippen MR) is 72.3 cm³/mol. The highest BCUT2D eigenvalue weighted by atomic mass is 19.4. The number of aromatic nitrogens is 2. The molecule has 0 aliphatic rings. The van der Waals surface area contributed by atoms with Gasteiger partial charge in [0.2, 0.25) is 0 Å². The molecule has 10 heteroatoms. The van der Waals surface area contributed by atoms with Gasteiger partial charge in [0.15, 0.2) is 5.69 Å². The molecule has 0 fully saturated rings. The first-order valence-corrected chi connectivity index (χ1v) is 6.50. The summed E-state index contributed by atoms with van der Waals surface area (Å²) in [6.45, 7) is 1.43. The average Bonchev–Trinajstić information content (AvgIpc) is 2.85. The molecular weight excluding hydrogens is 340 g/mol. The lowest BCUT2D eigenvalue weighted by atomic mass is 10.1. The van der Waals surface area contributed by atoms with Crippen molar-refractivity contribution < 1.29 is 31.1 Å². The molecule has 0 spiro atoms. The minimum absolute atomic E-state index is 0.241. The molecule has 0 atom stereocenters. The number of nitrogen functional groups attached to an aromatic ring is 1. The Kier molecular flexibility index (Phi) is 4.34. The van der Waals surface area contributed by atoms with Crippen LogP contribution in [0.4, 0.5) is 32.0 Å². The maximum absolute atomic E-state index is 12.9. The molecule has 130 valence electrons. The molecule has 0 bridgehead atoms. The van der Waals surface area contributed by atoms with Gasteiger partial charge in [-0.15, -0.1) is 0 Å². The van der Waals surface area contributed by atoms with Crippen LogP contribution in [0.1, 0.15) is 27.2 Å². The van der Waals surface area contributed by atoms with Gasteiger partial charge in [0, 0.05) is 11.9 Å². The van der Waals surface area contributed by atoms with Crippen LogP contribution in [0.2, 0.25) is 0 Å². The summed E-state index contributed by atoms with van der Waals surface area (Å²) in [6.07, 6.45) is -10.2. The Bertz CT molecular complexity index is 776. The van der Waals surface area contributed by atoms with E-state index in [-0.39, 0.29) is 6.54 Å². The summed E-state index contributed by atoms with van der Waals surface area (Å²) in [4.78, 5) is 11.2. The highest BCUT2D eigenvalue weighted by Crippen LogP contribution is 2.34. The summed E-state index contributed by atoms with van der Waals surface area (Å²) in [5.74, 6) is -2.59. The summed E-state index contributed by atoms with van der Waals surface area (Å²) in [6, 6.07) is 4.58. The lowest BCUT2D eigenvalue weighted by Gasteiger charge is -2.07. The fourth-order valence-corrected chi connectivity index (χ4v) is 2.05. The zero-order chi connectivity index (χ0) is 18.3. The second-order valence-corrected chi connectivity index (χ2v) is 5.10. The van der Waals surface area contributed by atoms with Gasteiger partial charge >= 0.3 is 12.4 Å². The molecule has 2 N–H and O–H groups in total. The monoisotopic (exact) mass is 351 g/mol. The van der Waals surface area contributed by atoms with Crippen molar-refractivity contribution in [3.63, 3.8) is 0 Å². The summed E-state index contributed by atoms with van der Waals surface area (Å²) in [7, 11) is 0. The lowest BCUT2D eigenvalue weighted by Crippen LogP contribution is -2.25. The number of anilines is 1. The number of hydrogen-bond donors (Lipinski definition) is 1. The Morgan fingerprint density at radius 1 is 1.21 bits per heavy atom. The Labute approximate surface area is 131 Å². The molecule has 0 aliphatic carbocycles. The minimum Gasteiger partial charge on any atom is -0.399 e. The fourth-order valence-electron chi connectivity index (χ4n) is 2.05. The zero-order valence-corrected chi connectivity index (χ0v) is 12.2. The summed E-state index contributed by atoms with van der Waals surface area (Å²) >= 11 is 0. The number of rotatable bonds is 3. The van der Waals surface area contributed by atoms with E-state index in [1.165, 1.54) is 12.1 Å².